The van der Waals surface area contributed by atoms with Crippen LogP contribution in [0.25, 0.3) is 0 Å². The Hall–Kier alpha value is -0.330. The maximum Gasteiger partial charge on any atom is 0.133 e. The molecule has 0 saturated heterocycles. The third-order valence-electron chi connectivity index (χ3n) is 1.91. The normalized spacial score (nSPS) is 13.0. The average Bonchev–Trinajstić information content (AvgIpc) is 1.89. The predicted octanol–water partition coefficient (Wildman–Crippen LogP) is 3.28. The highest BCUT2D eigenvalue weighted by atomic mass is 16.1. The van der Waals surface area contributed by atoms with Gasteiger partial charge in [-0.1, -0.05) is 41.5 Å². The molecule has 68 valence electrons. The van der Waals surface area contributed by atoms with Crippen LogP contribution in [0.15, 0.2) is 0 Å². The molecule has 0 fully saturated rings. The Morgan fingerprint density at radius 1 is 1.18 bits per heavy atom. The lowest BCUT2D eigenvalue weighted by Gasteiger charge is -2.24. The van der Waals surface area contributed by atoms with Gasteiger partial charge in [0.15, 0.2) is 0 Å². The second kappa shape index (κ2) is 5.34. The zero-order valence-corrected chi connectivity index (χ0v) is 8.99. The maximum absolute atomic E-state index is 10.8. The summed E-state index contributed by atoms with van der Waals surface area (Å²) in [6, 6.07) is 0. The molecule has 0 spiro atoms. The van der Waals surface area contributed by atoms with Crippen LogP contribution < -0.4 is 0 Å². The van der Waals surface area contributed by atoms with Crippen molar-refractivity contribution in [2.24, 2.45) is 11.3 Å². The second-order valence-electron chi connectivity index (χ2n) is 3.70. The zero-order chi connectivity index (χ0) is 9.65. The van der Waals surface area contributed by atoms with Crippen LogP contribution in [0.2, 0.25) is 0 Å². The third kappa shape index (κ3) is 6.08. The SMILES string of the molecule is CC.CC(=O)C(C)C(C)(C)C. The Labute approximate surface area is 71.2 Å². The van der Waals surface area contributed by atoms with Crippen LogP contribution >= 0.6 is 0 Å². The first kappa shape index (κ1) is 13.3. The molecular formula is C10H22O. The van der Waals surface area contributed by atoms with Crippen molar-refractivity contribution >= 4 is 5.78 Å². The van der Waals surface area contributed by atoms with Gasteiger partial charge in [-0.3, -0.25) is 4.79 Å². The van der Waals surface area contributed by atoms with Gasteiger partial charge in [-0.25, -0.2) is 0 Å². The molecular weight excluding hydrogens is 136 g/mol. The molecule has 0 aromatic rings. The number of hydrogen-bond acceptors (Lipinski definition) is 1. The van der Waals surface area contributed by atoms with Gasteiger partial charge in [0.2, 0.25) is 0 Å². The molecule has 0 bridgehead atoms. The third-order valence-corrected chi connectivity index (χ3v) is 1.91. The monoisotopic (exact) mass is 158 g/mol. The molecule has 11 heavy (non-hydrogen) atoms. The summed E-state index contributed by atoms with van der Waals surface area (Å²) in [4.78, 5) is 10.8. The molecule has 1 nitrogen and oxygen atoms in total. The topological polar surface area (TPSA) is 17.1 Å². The van der Waals surface area contributed by atoms with E-state index in [9.17, 15) is 4.79 Å². The van der Waals surface area contributed by atoms with Crippen molar-refractivity contribution in [1.82, 2.24) is 0 Å². The summed E-state index contributed by atoms with van der Waals surface area (Å²) in [6.07, 6.45) is 0. The van der Waals surface area contributed by atoms with Gasteiger partial charge in [0.1, 0.15) is 5.78 Å². The number of rotatable bonds is 1. The van der Waals surface area contributed by atoms with Crippen LogP contribution in [0.3, 0.4) is 0 Å². The van der Waals surface area contributed by atoms with E-state index >= 15 is 0 Å². The van der Waals surface area contributed by atoms with Crippen molar-refractivity contribution in [3.05, 3.63) is 0 Å². The van der Waals surface area contributed by atoms with Gasteiger partial charge in [-0.2, -0.15) is 0 Å². The van der Waals surface area contributed by atoms with Crippen molar-refractivity contribution in [2.75, 3.05) is 0 Å². The molecule has 1 atom stereocenters. The highest BCUT2D eigenvalue weighted by Gasteiger charge is 2.23. The van der Waals surface area contributed by atoms with Crippen molar-refractivity contribution in [3.8, 4) is 0 Å². The molecule has 0 heterocycles. The highest BCUT2D eigenvalue weighted by Crippen LogP contribution is 2.25. The summed E-state index contributed by atoms with van der Waals surface area (Å²) in [5.74, 6) is 0.458. The first-order valence-electron chi connectivity index (χ1n) is 4.36. The predicted molar refractivity (Wildman–Crippen MR) is 50.6 cm³/mol. The summed E-state index contributed by atoms with van der Waals surface area (Å²) < 4.78 is 0. The summed E-state index contributed by atoms with van der Waals surface area (Å²) in [5, 5.41) is 0. The maximum atomic E-state index is 10.8. The number of Topliss-reactive ketones (excluding diaryl/α,β-unsaturated/α-hetero) is 1. The Kier molecular flexibility index (Phi) is 6.44. The van der Waals surface area contributed by atoms with Crippen molar-refractivity contribution < 1.29 is 4.79 Å². The van der Waals surface area contributed by atoms with Crippen LogP contribution in [0.4, 0.5) is 0 Å². The van der Waals surface area contributed by atoms with Gasteiger partial charge in [0.05, 0.1) is 0 Å². The highest BCUT2D eigenvalue weighted by molar-refractivity contribution is 5.78. The minimum atomic E-state index is 0.131. The molecule has 0 rings (SSSR count). The van der Waals surface area contributed by atoms with E-state index in [1.807, 2.05) is 20.8 Å². The molecule has 0 aliphatic carbocycles. The van der Waals surface area contributed by atoms with Gasteiger partial charge in [0, 0.05) is 5.92 Å². The summed E-state index contributed by atoms with van der Waals surface area (Å²) >= 11 is 0. The largest absolute Gasteiger partial charge is 0.300 e. The van der Waals surface area contributed by atoms with Crippen LogP contribution in [0.1, 0.15) is 48.5 Å². The molecule has 1 heteroatoms. The second-order valence-corrected chi connectivity index (χ2v) is 3.70. The standard InChI is InChI=1S/C8H16O.C2H6/c1-6(7(2)9)8(3,4)5;1-2/h6H,1-5H3;1-2H3. The molecule has 0 aromatic heterocycles. The van der Waals surface area contributed by atoms with Gasteiger partial charge in [-0.05, 0) is 12.3 Å². The fraction of sp³-hybridized carbons (Fsp3) is 0.900. The van der Waals surface area contributed by atoms with E-state index in [1.54, 1.807) is 6.92 Å². The van der Waals surface area contributed by atoms with Crippen LogP contribution in [0, 0.1) is 11.3 Å². The number of ketones is 1. The van der Waals surface area contributed by atoms with Gasteiger partial charge < -0.3 is 0 Å². The average molecular weight is 158 g/mol. The molecule has 0 N–H and O–H groups in total. The fourth-order valence-corrected chi connectivity index (χ4v) is 0.610. The van der Waals surface area contributed by atoms with Crippen molar-refractivity contribution in [2.45, 2.75) is 48.5 Å². The first-order chi connectivity index (χ1) is 4.85. The lowest BCUT2D eigenvalue weighted by molar-refractivity contribution is -0.123. The smallest absolute Gasteiger partial charge is 0.133 e. The summed E-state index contributed by atoms with van der Waals surface area (Å²) in [5.41, 5.74) is 0.131. The van der Waals surface area contributed by atoms with Crippen LogP contribution in [0.5, 0.6) is 0 Å². The quantitative estimate of drug-likeness (QED) is 0.572. The van der Waals surface area contributed by atoms with E-state index in [2.05, 4.69) is 20.8 Å². The Balaban J connectivity index is 0. The van der Waals surface area contributed by atoms with Crippen molar-refractivity contribution in [1.29, 1.82) is 0 Å². The molecule has 0 aromatic carbocycles. The fourth-order valence-electron chi connectivity index (χ4n) is 0.610. The summed E-state index contributed by atoms with van der Waals surface area (Å²) in [7, 11) is 0. The number of hydrogen-bond donors (Lipinski definition) is 0. The molecule has 0 saturated carbocycles. The van der Waals surface area contributed by atoms with Gasteiger partial charge in [0.25, 0.3) is 0 Å². The molecule has 0 amide bonds. The van der Waals surface area contributed by atoms with E-state index in [4.69, 9.17) is 0 Å². The van der Waals surface area contributed by atoms with Crippen LogP contribution in [-0.2, 0) is 4.79 Å². The van der Waals surface area contributed by atoms with E-state index in [1.165, 1.54) is 0 Å². The van der Waals surface area contributed by atoms with E-state index in [0.717, 1.165) is 0 Å². The molecule has 0 aliphatic heterocycles. The van der Waals surface area contributed by atoms with Crippen LogP contribution in [-0.4, -0.2) is 5.78 Å². The molecule has 1 unspecified atom stereocenters. The summed E-state index contributed by atoms with van der Waals surface area (Å²) in [6.45, 7) is 13.9. The number of carbonyl (C=O) groups is 1. The minimum absolute atomic E-state index is 0.131. The Bertz CT molecular complexity index is 109. The van der Waals surface area contributed by atoms with E-state index in [0.29, 0.717) is 0 Å². The first-order valence-corrected chi connectivity index (χ1v) is 4.36. The van der Waals surface area contributed by atoms with E-state index < -0.39 is 0 Å². The lowest BCUT2D eigenvalue weighted by atomic mass is 9.80. The van der Waals surface area contributed by atoms with Crippen molar-refractivity contribution in [3.63, 3.8) is 0 Å². The van der Waals surface area contributed by atoms with Gasteiger partial charge in [-0.15, -0.1) is 0 Å². The zero-order valence-electron chi connectivity index (χ0n) is 8.99. The number of carbonyl (C=O) groups excluding carboxylic acids is 1. The van der Waals surface area contributed by atoms with E-state index in [-0.39, 0.29) is 17.1 Å². The molecule has 0 aliphatic rings. The van der Waals surface area contributed by atoms with Gasteiger partial charge >= 0.3 is 0 Å². The Morgan fingerprint density at radius 2 is 1.45 bits per heavy atom. The lowest BCUT2D eigenvalue weighted by Crippen LogP contribution is -2.23. The Morgan fingerprint density at radius 3 is 1.45 bits per heavy atom. The molecule has 0 radical (unpaired) electrons. The minimum Gasteiger partial charge on any atom is -0.300 e.